The first-order valence-corrected chi connectivity index (χ1v) is 12.7. The monoisotopic (exact) mass is 482 g/mol. The molecule has 7 nitrogen and oxygen atoms in total. The summed E-state index contributed by atoms with van der Waals surface area (Å²) in [6.07, 6.45) is 10.2. The molecule has 3 aromatic carbocycles. The van der Waals surface area contributed by atoms with Crippen LogP contribution in [0, 0.1) is 38.0 Å². The Morgan fingerprint density at radius 2 is 1.56 bits per heavy atom. The lowest BCUT2D eigenvalue weighted by Gasteiger charge is -2.57. The summed E-state index contributed by atoms with van der Waals surface area (Å²) in [5.41, 5.74) is 3.18. The number of hydrogen-bond donors (Lipinski definition) is 0. The number of non-ortho nitro benzene ring substituents is 1. The number of benzene rings is 3. The number of fused-ring (bicyclic) bond motifs is 3. The fraction of sp³-hybridized carbons (Fsp3) is 0.379. The Hall–Kier alpha value is -3.74. The Morgan fingerprint density at radius 3 is 2.22 bits per heavy atom. The molecular formula is C29H26N2O5. The first kappa shape index (κ1) is 21.5. The standard InChI is InChI=1S/C29H26N2O5/c32-30(33)23-3-5-25(27(12-23)31(34)35)21-11-26-24-4-2-22(10-20(24)1-6-28(26)36-16-21)29-13-17-7-18(14-29)9-19(8-17)15-29/h1-6,10,12,16-19H,7-9,11,13-15H2. The summed E-state index contributed by atoms with van der Waals surface area (Å²) >= 11 is 0. The molecule has 4 fully saturated rings. The number of hydrogen-bond acceptors (Lipinski definition) is 5. The molecule has 0 radical (unpaired) electrons. The molecule has 3 aromatic rings. The van der Waals surface area contributed by atoms with Gasteiger partial charge in [-0.1, -0.05) is 24.3 Å². The lowest BCUT2D eigenvalue weighted by Crippen LogP contribution is -2.48. The number of rotatable bonds is 4. The third-order valence-electron chi connectivity index (χ3n) is 9.17. The summed E-state index contributed by atoms with van der Waals surface area (Å²) in [7, 11) is 0. The van der Waals surface area contributed by atoms with Gasteiger partial charge in [-0.05, 0) is 90.2 Å². The molecule has 1 aliphatic heterocycles. The number of nitrogens with zero attached hydrogens (tertiary/aromatic N) is 2. The summed E-state index contributed by atoms with van der Waals surface area (Å²) in [4.78, 5) is 21.7. The van der Waals surface area contributed by atoms with E-state index in [0.29, 0.717) is 23.0 Å². The lowest BCUT2D eigenvalue weighted by atomic mass is 9.48. The highest BCUT2D eigenvalue weighted by molar-refractivity contribution is 5.91. The molecule has 0 spiro atoms. The Labute approximate surface area is 208 Å². The minimum absolute atomic E-state index is 0.285. The molecule has 0 N–H and O–H groups in total. The van der Waals surface area contributed by atoms with E-state index in [9.17, 15) is 20.2 Å². The molecule has 4 bridgehead atoms. The molecule has 36 heavy (non-hydrogen) atoms. The predicted molar refractivity (Wildman–Crippen MR) is 136 cm³/mol. The average Bonchev–Trinajstić information content (AvgIpc) is 2.86. The first-order valence-electron chi connectivity index (χ1n) is 12.7. The van der Waals surface area contributed by atoms with Gasteiger partial charge in [-0.25, -0.2) is 0 Å². The third kappa shape index (κ3) is 3.25. The summed E-state index contributed by atoms with van der Waals surface area (Å²) in [6.45, 7) is 0. The van der Waals surface area contributed by atoms with Crippen LogP contribution in [0.4, 0.5) is 11.4 Å². The van der Waals surface area contributed by atoms with Gasteiger partial charge in [0.25, 0.3) is 11.4 Å². The molecule has 4 aliphatic carbocycles. The summed E-state index contributed by atoms with van der Waals surface area (Å²) in [5.74, 6) is 3.40. The zero-order valence-electron chi connectivity index (χ0n) is 19.8. The molecule has 0 unspecified atom stereocenters. The van der Waals surface area contributed by atoms with Crippen LogP contribution in [0.5, 0.6) is 5.75 Å². The van der Waals surface area contributed by atoms with E-state index >= 15 is 0 Å². The second-order valence-electron chi connectivity index (χ2n) is 11.3. The minimum Gasteiger partial charge on any atom is -0.464 e. The molecular weight excluding hydrogens is 456 g/mol. The third-order valence-corrected chi connectivity index (χ3v) is 9.17. The fourth-order valence-electron chi connectivity index (χ4n) is 8.04. The van der Waals surface area contributed by atoms with Crippen LogP contribution in [0.15, 0.2) is 54.8 Å². The summed E-state index contributed by atoms with van der Waals surface area (Å²) in [6, 6.07) is 14.8. The van der Waals surface area contributed by atoms with Crippen molar-refractivity contribution in [3.63, 3.8) is 0 Å². The maximum absolute atomic E-state index is 11.7. The number of nitro groups is 2. The van der Waals surface area contributed by atoms with Gasteiger partial charge >= 0.3 is 0 Å². The van der Waals surface area contributed by atoms with Crippen LogP contribution in [0.2, 0.25) is 0 Å². The van der Waals surface area contributed by atoms with Crippen molar-refractivity contribution < 1.29 is 14.6 Å². The van der Waals surface area contributed by atoms with Crippen molar-refractivity contribution >= 4 is 27.7 Å². The van der Waals surface area contributed by atoms with Gasteiger partial charge in [0.1, 0.15) is 5.75 Å². The molecule has 5 aliphatic rings. The number of allylic oxidation sites excluding steroid dienone is 1. The minimum atomic E-state index is -0.618. The topological polar surface area (TPSA) is 95.5 Å². The second-order valence-corrected chi connectivity index (χ2v) is 11.3. The van der Waals surface area contributed by atoms with Crippen molar-refractivity contribution in [3.05, 3.63) is 91.7 Å². The van der Waals surface area contributed by atoms with E-state index in [4.69, 9.17) is 4.74 Å². The number of nitro benzene ring substituents is 2. The number of ether oxygens (including phenoxy) is 1. The van der Waals surface area contributed by atoms with Gasteiger partial charge in [-0.3, -0.25) is 20.2 Å². The van der Waals surface area contributed by atoms with E-state index in [1.54, 1.807) is 0 Å². The second kappa shape index (κ2) is 7.63. The molecule has 0 atom stereocenters. The van der Waals surface area contributed by atoms with E-state index in [1.165, 1.54) is 67.9 Å². The average molecular weight is 483 g/mol. The van der Waals surface area contributed by atoms with Gasteiger partial charge in [-0.15, -0.1) is 0 Å². The highest BCUT2D eigenvalue weighted by atomic mass is 16.6. The zero-order chi connectivity index (χ0) is 24.6. The van der Waals surface area contributed by atoms with Gasteiger partial charge in [-0.2, -0.15) is 0 Å². The van der Waals surface area contributed by atoms with Crippen LogP contribution < -0.4 is 4.74 Å². The summed E-state index contributed by atoms with van der Waals surface area (Å²) in [5, 5.41) is 25.1. The Morgan fingerprint density at radius 1 is 0.833 bits per heavy atom. The van der Waals surface area contributed by atoms with E-state index in [1.807, 2.05) is 6.07 Å². The fourth-order valence-corrected chi connectivity index (χ4v) is 8.04. The molecule has 0 aromatic heterocycles. The molecule has 7 heteroatoms. The SMILES string of the molecule is O=[N+]([O-])c1ccc(C2=COc3ccc4cc(C56CC7CC(CC(C7)C5)C6)ccc4c3C2)c([N+](=O)[O-])c1. The van der Waals surface area contributed by atoms with Crippen LogP contribution in [0.3, 0.4) is 0 Å². The van der Waals surface area contributed by atoms with E-state index in [-0.39, 0.29) is 11.4 Å². The lowest BCUT2D eigenvalue weighted by molar-refractivity contribution is -0.394. The van der Waals surface area contributed by atoms with Crippen molar-refractivity contribution in [1.29, 1.82) is 0 Å². The van der Waals surface area contributed by atoms with E-state index < -0.39 is 9.85 Å². The van der Waals surface area contributed by atoms with Crippen LogP contribution >= 0.6 is 0 Å². The maximum atomic E-state index is 11.7. The van der Waals surface area contributed by atoms with Crippen molar-refractivity contribution in [1.82, 2.24) is 0 Å². The van der Waals surface area contributed by atoms with Crippen LogP contribution in [-0.2, 0) is 11.8 Å². The first-order chi connectivity index (χ1) is 17.4. The normalized spacial score (nSPS) is 27.9. The van der Waals surface area contributed by atoms with Gasteiger partial charge in [0.2, 0.25) is 0 Å². The Balaban J connectivity index is 1.26. The van der Waals surface area contributed by atoms with Gasteiger partial charge in [0.15, 0.2) is 0 Å². The molecule has 0 saturated heterocycles. The highest BCUT2D eigenvalue weighted by Gasteiger charge is 2.51. The Bertz CT molecular complexity index is 1460. The van der Waals surface area contributed by atoms with Gasteiger partial charge < -0.3 is 4.74 Å². The van der Waals surface area contributed by atoms with Crippen molar-refractivity contribution in [2.75, 3.05) is 0 Å². The van der Waals surface area contributed by atoms with Crippen molar-refractivity contribution in [2.24, 2.45) is 17.8 Å². The summed E-state index contributed by atoms with van der Waals surface area (Å²) < 4.78 is 5.92. The quantitative estimate of drug-likeness (QED) is 0.292. The predicted octanol–water partition coefficient (Wildman–Crippen LogP) is 7.10. The van der Waals surface area contributed by atoms with Gasteiger partial charge in [0.05, 0.1) is 27.7 Å². The van der Waals surface area contributed by atoms with Crippen molar-refractivity contribution in [3.8, 4) is 5.75 Å². The zero-order valence-corrected chi connectivity index (χ0v) is 19.8. The smallest absolute Gasteiger partial charge is 0.283 e. The molecule has 182 valence electrons. The van der Waals surface area contributed by atoms with Crippen LogP contribution in [0.25, 0.3) is 16.3 Å². The Kier molecular flexibility index (Phi) is 4.56. The molecule has 4 saturated carbocycles. The molecule has 0 amide bonds. The largest absolute Gasteiger partial charge is 0.464 e. The van der Waals surface area contributed by atoms with E-state index in [0.717, 1.165) is 40.5 Å². The van der Waals surface area contributed by atoms with Crippen molar-refractivity contribution in [2.45, 2.75) is 50.4 Å². The highest BCUT2D eigenvalue weighted by Crippen LogP contribution is 2.61. The maximum Gasteiger partial charge on any atom is 0.283 e. The van der Waals surface area contributed by atoms with Crippen LogP contribution in [-0.4, -0.2) is 9.85 Å². The molecule has 1 heterocycles. The van der Waals surface area contributed by atoms with E-state index in [2.05, 4.69) is 24.3 Å². The van der Waals surface area contributed by atoms with Crippen LogP contribution in [0.1, 0.15) is 55.2 Å². The van der Waals surface area contributed by atoms with Gasteiger partial charge in [0, 0.05) is 23.6 Å². The molecule has 8 rings (SSSR count).